The normalized spacial score (nSPS) is 10.3. The average Bonchev–Trinajstić information content (AvgIpc) is 2.43. The number of nitrogens with zero attached hydrogens (tertiary/aromatic N) is 2. The van der Waals surface area contributed by atoms with Gasteiger partial charge in [-0.25, -0.2) is 14.4 Å². The monoisotopic (exact) mass is 261 g/mol. The Morgan fingerprint density at radius 3 is 2.68 bits per heavy atom. The molecule has 0 saturated carbocycles. The van der Waals surface area contributed by atoms with E-state index in [2.05, 4.69) is 15.3 Å². The molecule has 0 radical (unpaired) electrons. The zero-order valence-electron chi connectivity index (χ0n) is 11.2. The highest BCUT2D eigenvalue weighted by Crippen LogP contribution is 2.29. The van der Waals surface area contributed by atoms with E-state index < -0.39 is 5.82 Å². The fourth-order valence-corrected chi connectivity index (χ4v) is 1.78. The molecule has 1 heterocycles. The van der Waals surface area contributed by atoms with Gasteiger partial charge in [-0.15, -0.1) is 0 Å². The van der Waals surface area contributed by atoms with E-state index in [-0.39, 0.29) is 5.82 Å². The van der Waals surface area contributed by atoms with E-state index in [4.69, 9.17) is 4.74 Å². The molecule has 1 aromatic heterocycles. The molecule has 0 saturated heterocycles. The minimum Gasteiger partial charge on any atom is -0.493 e. The van der Waals surface area contributed by atoms with Gasteiger partial charge < -0.3 is 10.1 Å². The fourth-order valence-electron chi connectivity index (χ4n) is 1.78. The van der Waals surface area contributed by atoms with E-state index in [1.807, 2.05) is 31.2 Å². The van der Waals surface area contributed by atoms with Crippen molar-refractivity contribution in [3.05, 3.63) is 35.8 Å². The number of hydrogen-bond donors (Lipinski definition) is 1. The van der Waals surface area contributed by atoms with Crippen molar-refractivity contribution in [2.75, 3.05) is 19.0 Å². The summed E-state index contributed by atoms with van der Waals surface area (Å²) < 4.78 is 19.3. The van der Waals surface area contributed by atoms with Gasteiger partial charge in [0.1, 0.15) is 5.75 Å². The molecule has 2 rings (SSSR count). The molecule has 0 amide bonds. The maximum atomic E-state index is 13.7. The second-order valence-electron chi connectivity index (χ2n) is 3.97. The van der Waals surface area contributed by atoms with Crippen LogP contribution in [-0.2, 0) is 0 Å². The third kappa shape index (κ3) is 2.65. The van der Waals surface area contributed by atoms with Gasteiger partial charge in [0.05, 0.1) is 17.9 Å². The third-order valence-corrected chi connectivity index (χ3v) is 2.68. The molecule has 19 heavy (non-hydrogen) atoms. The van der Waals surface area contributed by atoms with Gasteiger partial charge in [-0.1, -0.05) is 12.1 Å². The van der Waals surface area contributed by atoms with Gasteiger partial charge in [-0.05, 0) is 26.0 Å². The second-order valence-corrected chi connectivity index (χ2v) is 3.97. The standard InChI is InChI=1S/C14H16FN3O/c1-4-19-11-8-6-5-7-10(11)13-17-9(2)12(15)14(16-3)18-13/h5-8H,4H2,1-3H3,(H,16,17,18). The number of halogens is 1. The predicted molar refractivity (Wildman–Crippen MR) is 72.9 cm³/mol. The van der Waals surface area contributed by atoms with Crippen molar-refractivity contribution in [3.8, 4) is 17.1 Å². The molecule has 0 bridgehead atoms. The molecule has 1 N–H and O–H groups in total. The topological polar surface area (TPSA) is 47.0 Å². The van der Waals surface area contributed by atoms with Crippen LogP contribution in [0.5, 0.6) is 5.75 Å². The molecule has 0 unspecified atom stereocenters. The van der Waals surface area contributed by atoms with Crippen molar-refractivity contribution in [1.82, 2.24) is 9.97 Å². The van der Waals surface area contributed by atoms with Crippen molar-refractivity contribution in [2.24, 2.45) is 0 Å². The van der Waals surface area contributed by atoms with Crippen LogP contribution in [0.15, 0.2) is 24.3 Å². The van der Waals surface area contributed by atoms with Gasteiger partial charge in [-0.3, -0.25) is 0 Å². The summed E-state index contributed by atoms with van der Waals surface area (Å²) in [6.07, 6.45) is 0. The van der Waals surface area contributed by atoms with Crippen LogP contribution in [0.1, 0.15) is 12.6 Å². The molecule has 0 atom stereocenters. The van der Waals surface area contributed by atoms with Crippen LogP contribution in [-0.4, -0.2) is 23.6 Å². The minimum atomic E-state index is -0.430. The van der Waals surface area contributed by atoms with Gasteiger partial charge in [0, 0.05) is 7.05 Å². The highest BCUT2D eigenvalue weighted by atomic mass is 19.1. The van der Waals surface area contributed by atoms with Crippen LogP contribution in [0.2, 0.25) is 0 Å². The summed E-state index contributed by atoms with van der Waals surface area (Å²) in [6, 6.07) is 7.46. The van der Waals surface area contributed by atoms with Crippen molar-refractivity contribution in [3.63, 3.8) is 0 Å². The Balaban J connectivity index is 2.56. The molecule has 2 aromatic rings. The first kappa shape index (κ1) is 13.3. The van der Waals surface area contributed by atoms with E-state index >= 15 is 0 Å². The molecule has 0 aliphatic heterocycles. The number of para-hydroxylation sites is 1. The first-order valence-corrected chi connectivity index (χ1v) is 6.11. The number of aromatic nitrogens is 2. The number of nitrogens with one attached hydrogen (secondary N) is 1. The molecule has 4 nitrogen and oxygen atoms in total. The van der Waals surface area contributed by atoms with Gasteiger partial charge in [0.15, 0.2) is 17.5 Å². The molecule has 100 valence electrons. The van der Waals surface area contributed by atoms with Crippen molar-refractivity contribution >= 4 is 5.82 Å². The van der Waals surface area contributed by atoms with Gasteiger partial charge >= 0.3 is 0 Å². The van der Waals surface area contributed by atoms with E-state index in [9.17, 15) is 4.39 Å². The smallest absolute Gasteiger partial charge is 0.186 e. The first-order valence-electron chi connectivity index (χ1n) is 6.11. The van der Waals surface area contributed by atoms with Crippen molar-refractivity contribution in [1.29, 1.82) is 0 Å². The number of ether oxygens (including phenoxy) is 1. The first-order chi connectivity index (χ1) is 9.17. The number of anilines is 1. The Bertz CT molecular complexity index is 587. The third-order valence-electron chi connectivity index (χ3n) is 2.68. The van der Waals surface area contributed by atoms with E-state index in [1.165, 1.54) is 0 Å². The summed E-state index contributed by atoms with van der Waals surface area (Å²) in [5.41, 5.74) is 1.06. The molecule has 0 spiro atoms. The molecular formula is C14H16FN3O. The number of hydrogen-bond acceptors (Lipinski definition) is 4. The molecule has 0 aliphatic carbocycles. The molecular weight excluding hydrogens is 245 g/mol. The Morgan fingerprint density at radius 1 is 1.26 bits per heavy atom. The molecule has 0 aliphatic rings. The summed E-state index contributed by atoms with van der Waals surface area (Å²) in [7, 11) is 1.63. The van der Waals surface area contributed by atoms with Crippen LogP contribution in [0.25, 0.3) is 11.4 Å². The maximum Gasteiger partial charge on any atom is 0.186 e. The molecule has 1 aromatic carbocycles. The Labute approximate surface area is 111 Å². The highest BCUT2D eigenvalue weighted by molar-refractivity contribution is 5.65. The average molecular weight is 261 g/mol. The number of rotatable bonds is 4. The largest absolute Gasteiger partial charge is 0.493 e. The van der Waals surface area contributed by atoms with E-state index in [0.29, 0.717) is 23.9 Å². The van der Waals surface area contributed by atoms with Gasteiger partial charge in [0.2, 0.25) is 0 Å². The zero-order chi connectivity index (χ0) is 13.8. The zero-order valence-corrected chi connectivity index (χ0v) is 11.2. The molecule has 0 fully saturated rings. The van der Waals surface area contributed by atoms with Crippen LogP contribution in [0.4, 0.5) is 10.2 Å². The molecule has 5 heteroatoms. The van der Waals surface area contributed by atoms with Crippen LogP contribution in [0, 0.1) is 12.7 Å². The van der Waals surface area contributed by atoms with Crippen LogP contribution < -0.4 is 10.1 Å². The lowest BCUT2D eigenvalue weighted by atomic mass is 10.2. The lowest BCUT2D eigenvalue weighted by Crippen LogP contribution is -2.04. The van der Waals surface area contributed by atoms with Crippen molar-refractivity contribution in [2.45, 2.75) is 13.8 Å². The Morgan fingerprint density at radius 2 is 2.00 bits per heavy atom. The second kappa shape index (κ2) is 5.65. The van der Waals surface area contributed by atoms with Crippen LogP contribution in [0.3, 0.4) is 0 Å². The Hall–Kier alpha value is -2.17. The SMILES string of the molecule is CCOc1ccccc1-c1nc(C)c(F)c(NC)n1. The Kier molecular flexibility index (Phi) is 3.94. The van der Waals surface area contributed by atoms with Gasteiger partial charge in [-0.2, -0.15) is 0 Å². The summed E-state index contributed by atoms with van der Waals surface area (Å²) >= 11 is 0. The quantitative estimate of drug-likeness (QED) is 0.919. The highest BCUT2D eigenvalue weighted by Gasteiger charge is 2.14. The van der Waals surface area contributed by atoms with Crippen LogP contribution >= 0.6 is 0 Å². The number of aryl methyl sites for hydroxylation is 1. The minimum absolute atomic E-state index is 0.189. The predicted octanol–water partition coefficient (Wildman–Crippen LogP) is 3.03. The van der Waals surface area contributed by atoms with E-state index in [0.717, 1.165) is 5.56 Å². The van der Waals surface area contributed by atoms with Gasteiger partial charge in [0.25, 0.3) is 0 Å². The van der Waals surface area contributed by atoms with E-state index in [1.54, 1.807) is 14.0 Å². The van der Waals surface area contributed by atoms with Crippen molar-refractivity contribution < 1.29 is 9.13 Å². The summed E-state index contributed by atoms with van der Waals surface area (Å²) in [4.78, 5) is 8.38. The lowest BCUT2D eigenvalue weighted by molar-refractivity contribution is 0.341. The maximum absolute atomic E-state index is 13.7. The summed E-state index contributed by atoms with van der Waals surface area (Å²) in [5.74, 6) is 0.902. The number of benzene rings is 1. The fraction of sp³-hybridized carbons (Fsp3) is 0.286. The summed E-state index contributed by atoms with van der Waals surface area (Å²) in [5, 5.41) is 2.73. The summed E-state index contributed by atoms with van der Waals surface area (Å²) in [6.45, 7) is 4.08. The lowest BCUT2D eigenvalue weighted by Gasteiger charge is -2.11.